The molecule has 2 saturated heterocycles. The van der Waals surface area contributed by atoms with Crippen LogP contribution in [0.15, 0.2) is 0 Å². The molecule has 3 unspecified atom stereocenters. The van der Waals surface area contributed by atoms with Crippen molar-refractivity contribution < 1.29 is 0 Å². The topological polar surface area (TPSA) is 15.3 Å². The Labute approximate surface area is 101 Å². The summed E-state index contributed by atoms with van der Waals surface area (Å²) in [5, 5.41) is 3.75. The standard InChI is InChI=1S/C14H28N2/c1-4-14(7-5-8-15-14)11-16-9-6-12(2)13(3)10-16/h12-13,15H,4-11H2,1-3H3. The van der Waals surface area contributed by atoms with E-state index in [1.54, 1.807) is 0 Å². The van der Waals surface area contributed by atoms with Crippen LogP contribution in [0.25, 0.3) is 0 Å². The fourth-order valence-electron chi connectivity index (χ4n) is 3.34. The average Bonchev–Trinajstić information content (AvgIpc) is 2.73. The molecule has 2 fully saturated rings. The minimum absolute atomic E-state index is 0.445. The van der Waals surface area contributed by atoms with E-state index in [9.17, 15) is 0 Å². The third kappa shape index (κ3) is 2.60. The fourth-order valence-corrected chi connectivity index (χ4v) is 3.34. The maximum Gasteiger partial charge on any atom is 0.0306 e. The molecular formula is C14H28N2. The van der Waals surface area contributed by atoms with Gasteiger partial charge in [-0.1, -0.05) is 20.8 Å². The van der Waals surface area contributed by atoms with Crippen LogP contribution in [-0.4, -0.2) is 36.6 Å². The predicted molar refractivity (Wildman–Crippen MR) is 69.6 cm³/mol. The lowest BCUT2D eigenvalue weighted by molar-refractivity contribution is 0.104. The highest BCUT2D eigenvalue weighted by Gasteiger charge is 2.35. The van der Waals surface area contributed by atoms with E-state index in [0.29, 0.717) is 5.54 Å². The third-order valence-corrected chi connectivity index (χ3v) is 4.95. The molecule has 0 aromatic carbocycles. The molecule has 0 aliphatic carbocycles. The van der Waals surface area contributed by atoms with E-state index < -0.39 is 0 Å². The van der Waals surface area contributed by atoms with Crippen LogP contribution in [0.1, 0.15) is 46.5 Å². The summed E-state index contributed by atoms with van der Waals surface area (Å²) in [4.78, 5) is 2.70. The van der Waals surface area contributed by atoms with Gasteiger partial charge in [0.25, 0.3) is 0 Å². The molecule has 0 saturated carbocycles. The molecule has 0 spiro atoms. The number of likely N-dealkylation sites (tertiary alicyclic amines) is 1. The van der Waals surface area contributed by atoms with Crippen molar-refractivity contribution in [1.82, 2.24) is 10.2 Å². The van der Waals surface area contributed by atoms with Crippen LogP contribution in [0.2, 0.25) is 0 Å². The number of piperidine rings is 1. The van der Waals surface area contributed by atoms with E-state index >= 15 is 0 Å². The summed E-state index contributed by atoms with van der Waals surface area (Å²) in [6.07, 6.45) is 5.42. The summed E-state index contributed by atoms with van der Waals surface area (Å²) in [5.74, 6) is 1.80. The van der Waals surface area contributed by atoms with Gasteiger partial charge in [0.15, 0.2) is 0 Å². The van der Waals surface area contributed by atoms with Crippen LogP contribution in [0, 0.1) is 11.8 Å². The van der Waals surface area contributed by atoms with Crippen molar-refractivity contribution in [3.05, 3.63) is 0 Å². The normalized spacial score (nSPS) is 41.4. The van der Waals surface area contributed by atoms with Crippen molar-refractivity contribution in [1.29, 1.82) is 0 Å². The summed E-state index contributed by atoms with van der Waals surface area (Å²) < 4.78 is 0. The molecule has 3 atom stereocenters. The Hall–Kier alpha value is -0.0800. The Morgan fingerprint density at radius 3 is 2.69 bits per heavy atom. The molecule has 0 bridgehead atoms. The second-order valence-corrected chi connectivity index (χ2v) is 6.14. The third-order valence-electron chi connectivity index (χ3n) is 4.95. The lowest BCUT2D eigenvalue weighted by atomic mass is 9.86. The number of rotatable bonds is 3. The van der Waals surface area contributed by atoms with Gasteiger partial charge in [-0.3, -0.25) is 0 Å². The first-order chi connectivity index (χ1) is 7.65. The monoisotopic (exact) mass is 224 g/mol. The highest BCUT2D eigenvalue weighted by molar-refractivity contribution is 4.95. The summed E-state index contributed by atoms with van der Waals surface area (Å²) in [5.41, 5.74) is 0.445. The maximum absolute atomic E-state index is 3.75. The van der Waals surface area contributed by atoms with Crippen LogP contribution in [0.5, 0.6) is 0 Å². The Morgan fingerprint density at radius 2 is 2.12 bits per heavy atom. The van der Waals surface area contributed by atoms with Crippen molar-refractivity contribution >= 4 is 0 Å². The molecule has 2 rings (SSSR count). The van der Waals surface area contributed by atoms with Crippen LogP contribution < -0.4 is 5.32 Å². The van der Waals surface area contributed by atoms with Gasteiger partial charge in [-0.25, -0.2) is 0 Å². The zero-order valence-electron chi connectivity index (χ0n) is 11.3. The minimum atomic E-state index is 0.445. The van der Waals surface area contributed by atoms with Gasteiger partial charge in [-0.2, -0.15) is 0 Å². The van der Waals surface area contributed by atoms with Gasteiger partial charge in [0.1, 0.15) is 0 Å². The molecule has 2 nitrogen and oxygen atoms in total. The average molecular weight is 224 g/mol. The van der Waals surface area contributed by atoms with E-state index in [4.69, 9.17) is 0 Å². The maximum atomic E-state index is 3.75. The van der Waals surface area contributed by atoms with Crippen molar-refractivity contribution in [3.63, 3.8) is 0 Å². The molecular weight excluding hydrogens is 196 g/mol. The van der Waals surface area contributed by atoms with Gasteiger partial charge < -0.3 is 10.2 Å². The van der Waals surface area contributed by atoms with Gasteiger partial charge >= 0.3 is 0 Å². The van der Waals surface area contributed by atoms with E-state index in [1.807, 2.05) is 0 Å². The van der Waals surface area contributed by atoms with E-state index in [-0.39, 0.29) is 0 Å². The summed E-state index contributed by atoms with van der Waals surface area (Å²) >= 11 is 0. The minimum Gasteiger partial charge on any atom is -0.310 e. The number of nitrogens with zero attached hydrogens (tertiary/aromatic N) is 1. The highest BCUT2D eigenvalue weighted by Crippen LogP contribution is 2.28. The van der Waals surface area contributed by atoms with E-state index in [1.165, 1.54) is 51.9 Å². The summed E-state index contributed by atoms with van der Waals surface area (Å²) in [6, 6.07) is 0. The van der Waals surface area contributed by atoms with E-state index in [2.05, 4.69) is 31.0 Å². The van der Waals surface area contributed by atoms with Gasteiger partial charge in [0.2, 0.25) is 0 Å². The lowest BCUT2D eigenvalue weighted by Gasteiger charge is -2.41. The first-order valence-corrected chi connectivity index (χ1v) is 7.12. The Bertz CT molecular complexity index is 221. The number of hydrogen-bond acceptors (Lipinski definition) is 2. The number of hydrogen-bond donors (Lipinski definition) is 1. The largest absolute Gasteiger partial charge is 0.310 e. The zero-order valence-corrected chi connectivity index (χ0v) is 11.3. The first-order valence-electron chi connectivity index (χ1n) is 7.12. The van der Waals surface area contributed by atoms with Crippen molar-refractivity contribution in [3.8, 4) is 0 Å². The van der Waals surface area contributed by atoms with Crippen LogP contribution in [-0.2, 0) is 0 Å². The molecule has 16 heavy (non-hydrogen) atoms. The van der Waals surface area contributed by atoms with Crippen LogP contribution >= 0.6 is 0 Å². The van der Waals surface area contributed by atoms with Gasteiger partial charge in [-0.15, -0.1) is 0 Å². The van der Waals surface area contributed by atoms with Crippen LogP contribution in [0.3, 0.4) is 0 Å². The molecule has 94 valence electrons. The Kier molecular flexibility index (Phi) is 3.91. The fraction of sp³-hybridized carbons (Fsp3) is 1.00. The molecule has 0 amide bonds. The summed E-state index contributed by atoms with van der Waals surface area (Å²) in [7, 11) is 0. The second-order valence-electron chi connectivity index (χ2n) is 6.14. The van der Waals surface area contributed by atoms with E-state index in [0.717, 1.165) is 11.8 Å². The molecule has 0 radical (unpaired) electrons. The first kappa shape index (κ1) is 12.4. The van der Waals surface area contributed by atoms with Gasteiger partial charge in [0.05, 0.1) is 0 Å². The molecule has 1 N–H and O–H groups in total. The quantitative estimate of drug-likeness (QED) is 0.792. The summed E-state index contributed by atoms with van der Waals surface area (Å²) in [6.45, 7) is 12.3. The molecule has 2 heteroatoms. The second kappa shape index (κ2) is 5.05. The van der Waals surface area contributed by atoms with Gasteiger partial charge in [-0.05, 0) is 50.6 Å². The van der Waals surface area contributed by atoms with Gasteiger partial charge in [0, 0.05) is 18.6 Å². The molecule has 2 heterocycles. The smallest absolute Gasteiger partial charge is 0.0306 e. The molecule has 0 aromatic heterocycles. The Balaban J connectivity index is 1.89. The lowest BCUT2D eigenvalue weighted by Crippen LogP contribution is -2.52. The predicted octanol–water partition coefficient (Wildman–Crippen LogP) is 2.50. The highest BCUT2D eigenvalue weighted by atomic mass is 15.2. The van der Waals surface area contributed by atoms with Crippen LogP contribution in [0.4, 0.5) is 0 Å². The van der Waals surface area contributed by atoms with Crippen molar-refractivity contribution in [2.24, 2.45) is 11.8 Å². The number of nitrogens with one attached hydrogen (secondary N) is 1. The molecule has 2 aliphatic heterocycles. The van der Waals surface area contributed by atoms with Crippen molar-refractivity contribution in [2.45, 2.75) is 52.0 Å². The zero-order chi connectivity index (χ0) is 11.6. The SMILES string of the molecule is CCC1(CN2CCC(C)C(C)C2)CCCN1. The van der Waals surface area contributed by atoms with Crippen molar-refractivity contribution in [2.75, 3.05) is 26.2 Å². The Morgan fingerprint density at radius 1 is 1.31 bits per heavy atom. The molecule has 0 aromatic rings. The molecule has 2 aliphatic rings.